The van der Waals surface area contributed by atoms with Crippen LogP contribution in [0.1, 0.15) is 11.3 Å². The molecule has 0 bridgehead atoms. The molecule has 1 aromatic carbocycles. The third-order valence-corrected chi connectivity index (χ3v) is 4.40. The zero-order valence-electron chi connectivity index (χ0n) is 14.7. The number of anilines is 1. The van der Waals surface area contributed by atoms with Gasteiger partial charge in [0.15, 0.2) is 0 Å². The molecular formula is C19H19N5O3. The van der Waals surface area contributed by atoms with E-state index in [0.717, 1.165) is 18.7 Å². The van der Waals surface area contributed by atoms with E-state index in [4.69, 9.17) is 4.74 Å². The van der Waals surface area contributed by atoms with Crippen LogP contribution in [0.4, 0.5) is 10.7 Å². The van der Waals surface area contributed by atoms with Crippen molar-refractivity contribution in [1.29, 1.82) is 0 Å². The highest BCUT2D eigenvalue weighted by atomic mass is 16.5. The lowest BCUT2D eigenvalue weighted by atomic mass is 10.2. The van der Waals surface area contributed by atoms with Crippen LogP contribution in [0.5, 0.6) is 0 Å². The lowest BCUT2D eigenvalue weighted by Gasteiger charge is -2.26. The van der Waals surface area contributed by atoms with Crippen molar-refractivity contribution >= 4 is 24.0 Å². The van der Waals surface area contributed by atoms with Crippen LogP contribution >= 0.6 is 0 Å². The molecule has 8 nitrogen and oxygen atoms in total. The minimum Gasteiger partial charge on any atom is -0.378 e. The maximum atomic E-state index is 12.6. The summed E-state index contributed by atoms with van der Waals surface area (Å²) in [6.07, 6.45) is 3.23. The fourth-order valence-electron chi connectivity index (χ4n) is 2.99. The summed E-state index contributed by atoms with van der Waals surface area (Å²) in [7, 11) is 0. The van der Waals surface area contributed by atoms with Gasteiger partial charge < -0.3 is 15.0 Å². The molecular weight excluding hydrogens is 346 g/mol. The number of nitrogens with one attached hydrogen (secondary N) is 1. The Bertz CT molecular complexity index is 878. The summed E-state index contributed by atoms with van der Waals surface area (Å²) in [4.78, 5) is 36.8. The largest absolute Gasteiger partial charge is 0.378 e. The number of carbonyl (C=O) groups excluding carboxylic acids is 2. The van der Waals surface area contributed by atoms with Crippen molar-refractivity contribution in [1.82, 2.24) is 20.2 Å². The molecule has 8 heteroatoms. The van der Waals surface area contributed by atoms with Gasteiger partial charge in [-0.3, -0.25) is 9.69 Å². The zero-order valence-corrected chi connectivity index (χ0v) is 14.7. The number of hydrogen-bond acceptors (Lipinski definition) is 6. The van der Waals surface area contributed by atoms with Crippen molar-refractivity contribution in [3.8, 4) is 0 Å². The van der Waals surface area contributed by atoms with Gasteiger partial charge in [0, 0.05) is 19.3 Å². The summed E-state index contributed by atoms with van der Waals surface area (Å²) in [5, 5.41) is 2.63. The van der Waals surface area contributed by atoms with Crippen LogP contribution in [-0.2, 0) is 16.1 Å². The molecule has 0 aliphatic carbocycles. The van der Waals surface area contributed by atoms with E-state index in [1.54, 1.807) is 18.3 Å². The van der Waals surface area contributed by atoms with E-state index in [0.29, 0.717) is 24.9 Å². The van der Waals surface area contributed by atoms with E-state index in [-0.39, 0.29) is 18.1 Å². The zero-order chi connectivity index (χ0) is 18.6. The van der Waals surface area contributed by atoms with Gasteiger partial charge in [0.1, 0.15) is 5.70 Å². The number of carbonyl (C=O) groups is 2. The van der Waals surface area contributed by atoms with E-state index in [2.05, 4.69) is 15.3 Å². The highest BCUT2D eigenvalue weighted by molar-refractivity contribution is 6.13. The number of morpholine rings is 1. The summed E-state index contributed by atoms with van der Waals surface area (Å²) in [6, 6.07) is 10.7. The van der Waals surface area contributed by atoms with Crippen molar-refractivity contribution in [2.45, 2.75) is 6.54 Å². The van der Waals surface area contributed by atoms with E-state index in [1.165, 1.54) is 4.90 Å². The first kappa shape index (κ1) is 17.2. The molecule has 3 heterocycles. The minimum absolute atomic E-state index is 0.211. The van der Waals surface area contributed by atoms with Gasteiger partial charge in [0.25, 0.3) is 5.91 Å². The van der Waals surface area contributed by atoms with E-state index in [9.17, 15) is 9.59 Å². The molecule has 2 aliphatic rings. The fourth-order valence-corrected chi connectivity index (χ4v) is 2.99. The van der Waals surface area contributed by atoms with Crippen molar-refractivity contribution in [2.75, 3.05) is 31.2 Å². The molecule has 138 valence electrons. The molecule has 2 saturated heterocycles. The lowest BCUT2D eigenvalue weighted by molar-refractivity contribution is -0.123. The van der Waals surface area contributed by atoms with Crippen molar-refractivity contribution in [3.05, 3.63) is 59.5 Å². The van der Waals surface area contributed by atoms with E-state index >= 15 is 0 Å². The second kappa shape index (κ2) is 7.55. The number of hydrogen-bond donors (Lipinski definition) is 1. The Hall–Kier alpha value is -3.26. The summed E-state index contributed by atoms with van der Waals surface area (Å²) < 4.78 is 5.34. The molecule has 3 amide bonds. The van der Waals surface area contributed by atoms with Crippen LogP contribution < -0.4 is 10.2 Å². The topological polar surface area (TPSA) is 87.7 Å². The van der Waals surface area contributed by atoms with Crippen molar-refractivity contribution < 1.29 is 14.3 Å². The number of rotatable bonds is 4. The van der Waals surface area contributed by atoms with Crippen LogP contribution in [0.15, 0.2) is 48.3 Å². The average Bonchev–Trinajstić information content (AvgIpc) is 2.97. The fraction of sp³-hybridized carbons (Fsp3) is 0.263. The molecule has 0 radical (unpaired) electrons. The van der Waals surface area contributed by atoms with Crippen molar-refractivity contribution in [2.24, 2.45) is 0 Å². The van der Waals surface area contributed by atoms with Gasteiger partial charge in [-0.05, 0) is 17.7 Å². The number of ether oxygens (including phenoxy) is 1. The van der Waals surface area contributed by atoms with Gasteiger partial charge >= 0.3 is 6.03 Å². The first-order valence-corrected chi connectivity index (χ1v) is 8.75. The molecule has 4 rings (SSSR count). The van der Waals surface area contributed by atoms with Gasteiger partial charge in [-0.2, -0.15) is 0 Å². The third kappa shape index (κ3) is 3.80. The van der Waals surface area contributed by atoms with Gasteiger partial charge in [-0.15, -0.1) is 0 Å². The number of aromatic nitrogens is 2. The van der Waals surface area contributed by atoms with Gasteiger partial charge in [0.2, 0.25) is 5.95 Å². The smallest absolute Gasteiger partial charge is 0.329 e. The van der Waals surface area contributed by atoms with Gasteiger partial charge in [0.05, 0.1) is 25.5 Å². The monoisotopic (exact) mass is 365 g/mol. The second-order valence-electron chi connectivity index (χ2n) is 6.25. The van der Waals surface area contributed by atoms with Gasteiger partial charge in [-0.1, -0.05) is 30.3 Å². The average molecular weight is 365 g/mol. The normalized spacial score (nSPS) is 18.9. The van der Waals surface area contributed by atoms with Crippen LogP contribution in [0, 0.1) is 0 Å². The maximum absolute atomic E-state index is 12.6. The Kier molecular flexibility index (Phi) is 4.80. The van der Waals surface area contributed by atoms with Crippen LogP contribution in [0.3, 0.4) is 0 Å². The Morgan fingerprint density at radius 1 is 1.11 bits per heavy atom. The number of urea groups is 1. The molecule has 1 N–H and O–H groups in total. The molecule has 0 unspecified atom stereocenters. The first-order valence-electron chi connectivity index (χ1n) is 8.75. The molecule has 0 spiro atoms. The van der Waals surface area contributed by atoms with Gasteiger partial charge in [-0.25, -0.2) is 14.8 Å². The summed E-state index contributed by atoms with van der Waals surface area (Å²) in [6.45, 7) is 2.95. The molecule has 2 aliphatic heterocycles. The van der Waals surface area contributed by atoms with Crippen LogP contribution in [0.2, 0.25) is 0 Å². The molecule has 2 aromatic rings. The maximum Gasteiger partial charge on any atom is 0.329 e. The number of nitrogens with zero attached hydrogens (tertiary/aromatic N) is 4. The Labute approximate surface area is 156 Å². The summed E-state index contributed by atoms with van der Waals surface area (Å²) >= 11 is 0. The molecule has 27 heavy (non-hydrogen) atoms. The summed E-state index contributed by atoms with van der Waals surface area (Å²) in [5.74, 6) is 0.223. The summed E-state index contributed by atoms with van der Waals surface area (Å²) in [5.41, 5.74) is 1.66. The highest BCUT2D eigenvalue weighted by Gasteiger charge is 2.33. The third-order valence-electron chi connectivity index (χ3n) is 4.40. The number of imide groups is 1. The highest BCUT2D eigenvalue weighted by Crippen LogP contribution is 2.17. The molecule has 0 atom stereocenters. The van der Waals surface area contributed by atoms with Crippen LogP contribution in [-0.4, -0.2) is 53.1 Å². The van der Waals surface area contributed by atoms with E-state index < -0.39 is 6.03 Å². The predicted molar refractivity (Wildman–Crippen MR) is 98.6 cm³/mol. The Morgan fingerprint density at radius 2 is 1.89 bits per heavy atom. The first-order chi connectivity index (χ1) is 13.2. The minimum atomic E-state index is -0.433. The SMILES string of the molecule is O=C1N/C(=C\c2ccnc(N3CCOCC3)n2)C(=O)N1Cc1ccccc1. The van der Waals surface area contributed by atoms with Crippen molar-refractivity contribution in [3.63, 3.8) is 0 Å². The second-order valence-corrected chi connectivity index (χ2v) is 6.25. The predicted octanol–water partition coefficient (Wildman–Crippen LogP) is 1.41. The Morgan fingerprint density at radius 3 is 2.67 bits per heavy atom. The number of benzene rings is 1. The quantitative estimate of drug-likeness (QED) is 0.651. The van der Waals surface area contributed by atoms with E-state index in [1.807, 2.05) is 35.2 Å². The Balaban J connectivity index is 1.52. The molecule has 1 aromatic heterocycles. The molecule has 2 fully saturated rings. The lowest BCUT2D eigenvalue weighted by Crippen LogP contribution is -2.37. The number of amides is 3. The standard InChI is InChI=1S/C19H19N5O3/c25-17-16(22-19(26)24(17)13-14-4-2-1-3-5-14)12-15-6-7-20-18(21-15)23-8-10-27-11-9-23/h1-7,12H,8-11,13H2,(H,22,26)/b16-12-. The van der Waals surface area contributed by atoms with Crippen LogP contribution in [0.25, 0.3) is 6.08 Å². The molecule has 0 saturated carbocycles.